The summed E-state index contributed by atoms with van der Waals surface area (Å²) in [6.07, 6.45) is 1.64. The fraction of sp³-hybridized carbons (Fsp3) is 0.121. The Balaban J connectivity index is 1.43. The van der Waals surface area contributed by atoms with E-state index in [1.807, 2.05) is 69.3 Å². The van der Waals surface area contributed by atoms with E-state index in [2.05, 4.69) is 16.0 Å². The SMILES string of the molecule is Cc1ccc(/C=C(\NC(=O)c2ccccc2)C(=O)Nc2ccc(SC(C)C(=O)Nc3cccc(Cl)c3C)cc2)cc1. The maximum Gasteiger partial charge on any atom is 0.272 e. The van der Waals surface area contributed by atoms with Crippen LogP contribution in [-0.2, 0) is 9.59 Å². The molecule has 0 heterocycles. The number of anilines is 2. The molecule has 6 nitrogen and oxygen atoms in total. The summed E-state index contributed by atoms with van der Waals surface area (Å²) in [5, 5.41) is 8.76. The zero-order chi connectivity index (χ0) is 29.4. The van der Waals surface area contributed by atoms with Crippen molar-refractivity contribution in [2.45, 2.75) is 30.9 Å². The van der Waals surface area contributed by atoms with Crippen LogP contribution in [0.1, 0.15) is 34.0 Å². The van der Waals surface area contributed by atoms with Crippen LogP contribution in [0.3, 0.4) is 0 Å². The van der Waals surface area contributed by atoms with Gasteiger partial charge in [-0.2, -0.15) is 0 Å². The lowest BCUT2D eigenvalue weighted by Gasteiger charge is -2.15. The molecule has 0 aliphatic heterocycles. The van der Waals surface area contributed by atoms with E-state index in [0.717, 1.165) is 21.6 Å². The third kappa shape index (κ3) is 8.33. The number of halogens is 1. The molecule has 3 amide bonds. The number of amides is 3. The van der Waals surface area contributed by atoms with Gasteiger partial charge in [-0.25, -0.2) is 0 Å². The number of thioether (sulfide) groups is 1. The molecule has 0 radical (unpaired) electrons. The van der Waals surface area contributed by atoms with Crippen LogP contribution >= 0.6 is 23.4 Å². The second kappa shape index (κ2) is 13.8. The second-order valence-electron chi connectivity index (χ2n) is 9.43. The zero-order valence-corrected chi connectivity index (χ0v) is 24.5. The minimum absolute atomic E-state index is 0.114. The highest BCUT2D eigenvalue weighted by atomic mass is 35.5. The van der Waals surface area contributed by atoms with Gasteiger partial charge in [0.15, 0.2) is 0 Å². The Morgan fingerprint density at radius 1 is 0.805 bits per heavy atom. The fourth-order valence-corrected chi connectivity index (χ4v) is 4.86. The number of hydrogen-bond donors (Lipinski definition) is 3. The van der Waals surface area contributed by atoms with E-state index in [1.165, 1.54) is 11.8 Å². The van der Waals surface area contributed by atoms with Crippen LogP contribution in [0.2, 0.25) is 5.02 Å². The summed E-state index contributed by atoms with van der Waals surface area (Å²) in [5.74, 6) is -0.983. The van der Waals surface area contributed by atoms with Crippen molar-refractivity contribution in [1.29, 1.82) is 0 Å². The molecular formula is C33H30ClN3O3S. The third-order valence-electron chi connectivity index (χ3n) is 6.24. The molecule has 0 saturated heterocycles. The number of carbonyl (C=O) groups is 3. The van der Waals surface area contributed by atoms with Crippen LogP contribution in [0.5, 0.6) is 0 Å². The van der Waals surface area contributed by atoms with Crippen LogP contribution in [0.15, 0.2) is 108 Å². The smallest absolute Gasteiger partial charge is 0.272 e. The van der Waals surface area contributed by atoms with E-state index in [4.69, 9.17) is 11.6 Å². The van der Waals surface area contributed by atoms with Crippen molar-refractivity contribution in [2.24, 2.45) is 0 Å². The monoisotopic (exact) mass is 583 g/mol. The lowest BCUT2D eigenvalue weighted by molar-refractivity contribution is -0.115. The largest absolute Gasteiger partial charge is 0.325 e. The van der Waals surface area contributed by atoms with Crippen molar-refractivity contribution < 1.29 is 14.4 Å². The van der Waals surface area contributed by atoms with Gasteiger partial charge in [0.05, 0.1) is 5.25 Å². The Morgan fingerprint density at radius 2 is 1.49 bits per heavy atom. The highest BCUT2D eigenvalue weighted by Gasteiger charge is 2.17. The number of hydrogen-bond acceptors (Lipinski definition) is 4. The first-order valence-corrected chi connectivity index (χ1v) is 14.2. The Hall–Kier alpha value is -4.33. The molecule has 0 bridgehead atoms. The summed E-state index contributed by atoms with van der Waals surface area (Å²) in [6.45, 7) is 5.66. The number of nitrogens with one attached hydrogen (secondary N) is 3. The fourth-order valence-electron chi connectivity index (χ4n) is 3.82. The molecule has 0 spiro atoms. The molecule has 4 aromatic rings. The van der Waals surface area contributed by atoms with Gasteiger partial charge in [-0.3, -0.25) is 14.4 Å². The van der Waals surface area contributed by atoms with Gasteiger partial charge in [0.2, 0.25) is 5.91 Å². The number of benzene rings is 4. The lowest BCUT2D eigenvalue weighted by Crippen LogP contribution is -2.30. The van der Waals surface area contributed by atoms with Gasteiger partial charge in [-0.15, -0.1) is 11.8 Å². The average molecular weight is 584 g/mol. The van der Waals surface area contributed by atoms with Crippen LogP contribution in [0, 0.1) is 13.8 Å². The molecule has 4 rings (SSSR count). The van der Waals surface area contributed by atoms with Crippen molar-refractivity contribution >= 4 is 58.5 Å². The summed E-state index contributed by atoms with van der Waals surface area (Å²) < 4.78 is 0. The maximum absolute atomic E-state index is 13.3. The predicted molar refractivity (Wildman–Crippen MR) is 168 cm³/mol. The maximum atomic E-state index is 13.3. The minimum atomic E-state index is -0.458. The molecule has 8 heteroatoms. The highest BCUT2D eigenvalue weighted by molar-refractivity contribution is 8.00. The van der Waals surface area contributed by atoms with E-state index >= 15 is 0 Å². The topological polar surface area (TPSA) is 87.3 Å². The first kappa shape index (κ1) is 29.6. The van der Waals surface area contributed by atoms with Gasteiger partial charge in [-0.1, -0.05) is 65.7 Å². The van der Waals surface area contributed by atoms with Crippen LogP contribution < -0.4 is 16.0 Å². The van der Waals surface area contributed by atoms with Crippen LogP contribution in [-0.4, -0.2) is 23.0 Å². The number of aryl methyl sites for hydroxylation is 1. The standard InChI is InChI=1S/C33H30ClN3O3S/c1-21-12-14-24(15-13-21)20-30(37-32(39)25-8-5-4-6-9-25)33(40)35-26-16-18-27(19-17-26)41-23(3)31(38)36-29-11-7-10-28(34)22(29)2/h4-20,23H,1-3H3,(H,35,40)(H,36,38)(H,37,39)/b30-20-. The summed E-state index contributed by atoms with van der Waals surface area (Å²) in [6, 6.07) is 28.9. The molecule has 0 aliphatic carbocycles. The van der Waals surface area contributed by atoms with Crippen molar-refractivity contribution in [3.8, 4) is 0 Å². The molecule has 1 unspecified atom stereocenters. The Kier molecular flexibility index (Phi) is 10.0. The average Bonchev–Trinajstić information content (AvgIpc) is 2.97. The molecule has 0 aliphatic rings. The molecule has 0 saturated carbocycles. The van der Waals surface area contributed by atoms with Crippen molar-refractivity contribution in [3.63, 3.8) is 0 Å². The third-order valence-corrected chi connectivity index (χ3v) is 7.76. The summed E-state index contributed by atoms with van der Waals surface area (Å²) in [4.78, 5) is 39.7. The molecule has 41 heavy (non-hydrogen) atoms. The van der Waals surface area contributed by atoms with Gasteiger partial charge in [0, 0.05) is 26.9 Å². The summed E-state index contributed by atoms with van der Waals surface area (Å²) in [7, 11) is 0. The van der Waals surface area contributed by atoms with Crippen molar-refractivity contribution in [2.75, 3.05) is 10.6 Å². The number of rotatable bonds is 9. The van der Waals surface area contributed by atoms with E-state index in [1.54, 1.807) is 54.6 Å². The molecule has 208 valence electrons. The van der Waals surface area contributed by atoms with Gasteiger partial charge < -0.3 is 16.0 Å². The van der Waals surface area contributed by atoms with Crippen LogP contribution in [0.4, 0.5) is 11.4 Å². The summed E-state index contributed by atoms with van der Waals surface area (Å²) in [5.41, 5.74) is 4.47. The van der Waals surface area contributed by atoms with E-state index < -0.39 is 5.91 Å². The second-order valence-corrected chi connectivity index (χ2v) is 11.3. The first-order chi connectivity index (χ1) is 19.7. The summed E-state index contributed by atoms with van der Waals surface area (Å²) >= 11 is 7.56. The highest BCUT2D eigenvalue weighted by Crippen LogP contribution is 2.28. The Labute approximate surface area is 249 Å². The minimum Gasteiger partial charge on any atom is -0.325 e. The molecule has 0 aromatic heterocycles. The Bertz CT molecular complexity index is 1570. The van der Waals surface area contributed by atoms with E-state index in [0.29, 0.717) is 22.0 Å². The van der Waals surface area contributed by atoms with E-state index in [-0.39, 0.29) is 22.8 Å². The molecule has 1 atom stereocenters. The zero-order valence-electron chi connectivity index (χ0n) is 22.9. The molecule has 4 aromatic carbocycles. The lowest BCUT2D eigenvalue weighted by atomic mass is 10.1. The van der Waals surface area contributed by atoms with Gasteiger partial charge >= 0.3 is 0 Å². The Morgan fingerprint density at radius 3 is 2.17 bits per heavy atom. The number of carbonyl (C=O) groups excluding carboxylic acids is 3. The predicted octanol–water partition coefficient (Wildman–Crippen LogP) is 7.49. The van der Waals surface area contributed by atoms with Gasteiger partial charge in [0.1, 0.15) is 5.70 Å². The quantitative estimate of drug-likeness (QED) is 0.141. The molecule has 0 fully saturated rings. The van der Waals surface area contributed by atoms with E-state index in [9.17, 15) is 14.4 Å². The van der Waals surface area contributed by atoms with Gasteiger partial charge in [-0.05, 0) is 86.5 Å². The first-order valence-electron chi connectivity index (χ1n) is 13.0. The van der Waals surface area contributed by atoms with Gasteiger partial charge in [0.25, 0.3) is 11.8 Å². The van der Waals surface area contributed by atoms with Crippen LogP contribution in [0.25, 0.3) is 6.08 Å². The van der Waals surface area contributed by atoms with Crippen molar-refractivity contribution in [1.82, 2.24) is 5.32 Å². The molecule has 3 N–H and O–H groups in total. The molecular weight excluding hydrogens is 554 g/mol. The van der Waals surface area contributed by atoms with Crippen molar-refractivity contribution in [3.05, 3.63) is 130 Å². The normalized spacial score (nSPS) is 11.9.